The first-order valence-electron chi connectivity index (χ1n) is 5.16. The van der Waals surface area contributed by atoms with Crippen molar-refractivity contribution >= 4 is 16.6 Å². The van der Waals surface area contributed by atoms with Gasteiger partial charge < -0.3 is 4.57 Å². The molecule has 1 aromatic rings. The molecule has 1 aromatic carbocycles. The van der Waals surface area contributed by atoms with Crippen molar-refractivity contribution in [1.29, 1.82) is 0 Å². The number of nitro groups is 1. The summed E-state index contributed by atoms with van der Waals surface area (Å²) in [6.45, 7) is 0. The molecule has 5 heteroatoms. The molecule has 0 bridgehead atoms. The number of benzene rings is 1. The Hall–Kier alpha value is -2.43. The molecule has 2 aliphatic rings. The van der Waals surface area contributed by atoms with Crippen molar-refractivity contribution in [2.45, 2.75) is 0 Å². The smallest absolute Gasteiger partial charge is 0.270 e. The first-order valence-corrected chi connectivity index (χ1v) is 5.16. The molecule has 0 atom stereocenters. The van der Waals surface area contributed by atoms with Crippen LogP contribution in [0.15, 0.2) is 36.5 Å². The van der Waals surface area contributed by atoms with E-state index in [9.17, 15) is 10.1 Å². The van der Waals surface area contributed by atoms with Crippen LogP contribution < -0.4 is 0 Å². The summed E-state index contributed by atoms with van der Waals surface area (Å²) in [6.07, 6.45) is 1.91. The topological polar surface area (TPSA) is 61.0 Å². The summed E-state index contributed by atoms with van der Waals surface area (Å²) in [5, 5.41) is 11.6. The van der Waals surface area contributed by atoms with E-state index in [0.717, 1.165) is 22.3 Å². The van der Waals surface area contributed by atoms with Gasteiger partial charge in [-0.2, -0.15) is 0 Å². The predicted molar refractivity (Wildman–Crippen MR) is 64.0 cm³/mol. The van der Waals surface area contributed by atoms with Crippen molar-refractivity contribution in [3.05, 3.63) is 46.6 Å². The molecule has 2 heterocycles. The highest BCUT2D eigenvalue weighted by atomic mass is 16.6. The van der Waals surface area contributed by atoms with E-state index in [2.05, 4.69) is 4.98 Å². The molecular formula is C12H9N3O2. The fraction of sp³-hybridized carbons (Fsp3) is 0.0833. The number of aryl methyl sites for hydroxylation is 1. The molecule has 0 amide bonds. The van der Waals surface area contributed by atoms with Gasteiger partial charge in [-0.3, -0.25) is 10.1 Å². The van der Waals surface area contributed by atoms with Crippen molar-refractivity contribution in [3.63, 3.8) is 0 Å². The van der Waals surface area contributed by atoms with Crippen LogP contribution in [0.3, 0.4) is 0 Å². The second kappa shape index (κ2) is 3.28. The number of hydrogen-bond acceptors (Lipinski definition) is 3. The third kappa shape index (κ3) is 1.36. The Bertz CT molecular complexity index is 702. The Kier molecular flexibility index (Phi) is 1.89. The molecule has 0 spiro atoms. The van der Waals surface area contributed by atoms with Gasteiger partial charge in [0.25, 0.3) is 5.69 Å². The number of non-ortho nitro benzene ring substituents is 1. The molecule has 2 aliphatic heterocycles. The Morgan fingerprint density at radius 3 is 2.94 bits per heavy atom. The van der Waals surface area contributed by atoms with E-state index in [1.54, 1.807) is 12.1 Å². The second-order valence-electron chi connectivity index (χ2n) is 3.93. The van der Waals surface area contributed by atoms with Gasteiger partial charge in [0.1, 0.15) is 5.82 Å². The lowest BCUT2D eigenvalue weighted by atomic mass is 10.1. The highest BCUT2D eigenvalue weighted by Crippen LogP contribution is 2.32. The van der Waals surface area contributed by atoms with E-state index in [4.69, 9.17) is 0 Å². The van der Waals surface area contributed by atoms with Gasteiger partial charge in [0.15, 0.2) is 0 Å². The third-order valence-corrected chi connectivity index (χ3v) is 2.86. The molecule has 17 heavy (non-hydrogen) atoms. The second-order valence-corrected chi connectivity index (χ2v) is 3.93. The monoisotopic (exact) mass is 227 g/mol. The summed E-state index contributed by atoms with van der Waals surface area (Å²) >= 11 is 0. The summed E-state index contributed by atoms with van der Waals surface area (Å²) in [4.78, 5) is 14.8. The zero-order valence-corrected chi connectivity index (χ0v) is 9.12. The normalized spacial score (nSPS) is 11.1. The molecule has 0 saturated heterocycles. The molecule has 0 N–H and O–H groups in total. The van der Waals surface area contributed by atoms with Crippen molar-refractivity contribution in [2.24, 2.45) is 7.05 Å². The number of aromatic nitrogens is 2. The molecule has 0 radical (unpaired) electrons. The van der Waals surface area contributed by atoms with Gasteiger partial charge in [-0.1, -0.05) is 0 Å². The first-order chi connectivity index (χ1) is 8.16. The summed E-state index contributed by atoms with van der Waals surface area (Å²) < 4.78 is 1.90. The van der Waals surface area contributed by atoms with Crippen molar-refractivity contribution < 1.29 is 4.92 Å². The Balaban J connectivity index is 2.39. The van der Waals surface area contributed by atoms with Gasteiger partial charge in [-0.25, -0.2) is 4.98 Å². The molecule has 3 rings (SSSR count). The molecule has 0 unspecified atom stereocenters. The zero-order valence-electron chi connectivity index (χ0n) is 9.12. The average molecular weight is 227 g/mol. The van der Waals surface area contributed by atoms with Crippen LogP contribution in [0.4, 0.5) is 5.69 Å². The molecule has 0 fully saturated rings. The maximum absolute atomic E-state index is 10.7. The minimum absolute atomic E-state index is 0.0957. The van der Waals surface area contributed by atoms with Gasteiger partial charge in [0, 0.05) is 36.3 Å². The largest absolute Gasteiger partial charge is 0.336 e. The fourth-order valence-electron chi connectivity index (χ4n) is 2.02. The van der Waals surface area contributed by atoms with Crippen LogP contribution >= 0.6 is 0 Å². The van der Waals surface area contributed by atoms with Crippen molar-refractivity contribution in [1.82, 2.24) is 9.55 Å². The van der Waals surface area contributed by atoms with Crippen molar-refractivity contribution in [2.75, 3.05) is 0 Å². The van der Waals surface area contributed by atoms with E-state index in [1.807, 2.05) is 29.9 Å². The minimum atomic E-state index is -0.388. The van der Waals surface area contributed by atoms with Crippen LogP contribution in [-0.2, 0) is 7.05 Å². The maximum atomic E-state index is 10.7. The third-order valence-electron chi connectivity index (χ3n) is 2.86. The Labute approximate surface area is 96.8 Å². The van der Waals surface area contributed by atoms with E-state index < -0.39 is 0 Å². The number of hydrogen-bond donors (Lipinski definition) is 0. The Morgan fingerprint density at radius 2 is 2.18 bits per heavy atom. The lowest BCUT2D eigenvalue weighted by molar-refractivity contribution is -0.384. The summed E-state index contributed by atoms with van der Waals surface area (Å²) in [5.74, 6) is 0.836. The summed E-state index contributed by atoms with van der Waals surface area (Å²) in [6, 6.07) is 8.57. The summed E-state index contributed by atoms with van der Waals surface area (Å²) in [5.41, 5.74) is 1.82. The number of pyridine rings is 1. The van der Waals surface area contributed by atoms with Gasteiger partial charge in [-0.15, -0.1) is 0 Å². The molecule has 5 nitrogen and oxygen atoms in total. The maximum Gasteiger partial charge on any atom is 0.270 e. The van der Waals surface area contributed by atoms with Crippen LogP contribution in [-0.4, -0.2) is 14.5 Å². The van der Waals surface area contributed by atoms with Crippen LogP contribution in [0, 0.1) is 10.1 Å². The SMILES string of the molecule is Cn1cccc2c3cc([N+](=O)[O-])ccc3nc1-2. The zero-order chi connectivity index (χ0) is 12.0. The first kappa shape index (κ1) is 9.77. The summed E-state index contributed by atoms with van der Waals surface area (Å²) in [7, 11) is 1.91. The van der Waals surface area contributed by atoms with E-state index in [1.165, 1.54) is 6.07 Å². The number of rotatable bonds is 1. The lowest BCUT2D eigenvalue weighted by Crippen LogP contribution is -1.94. The van der Waals surface area contributed by atoms with Gasteiger partial charge in [-0.05, 0) is 18.2 Å². The quantitative estimate of drug-likeness (QED) is 0.474. The van der Waals surface area contributed by atoms with Gasteiger partial charge in [0.2, 0.25) is 0 Å². The number of nitrogens with zero attached hydrogens (tertiary/aromatic N) is 3. The van der Waals surface area contributed by atoms with Crippen LogP contribution in [0.5, 0.6) is 0 Å². The highest BCUT2D eigenvalue weighted by Gasteiger charge is 2.16. The number of nitro benzene ring substituents is 1. The average Bonchev–Trinajstić information content (AvgIpc) is 2.68. The highest BCUT2D eigenvalue weighted by molar-refractivity contribution is 5.97. The van der Waals surface area contributed by atoms with Gasteiger partial charge in [0.05, 0.1) is 10.4 Å². The van der Waals surface area contributed by atoms with Crippen LogP contribution in [0.25, 0.3) is 22.3 Å². The molecule has 0 saturated carbocycles. The van der Waals surface area contributed by atoms with Crippen LogP contribution in [0.2, 0.25) is 0 Å². The van der Waals surface area contributed by atoms with Crippen LogP contribution in [0.1, 0.15) is 0 Å². The van der Waals surface area contributed by atoms with E-state index in [0.29, 0.717) is 0 Å². The number of fused-ring (bicyclic) bond motifs is 3. The molecule has 0 aliphatic carbocycles. The van der Waals surface area contributed by atoms with E-state index >= 15 is 0 Å². The standard InChI is InChI=1S/C12H9N3O2/c1-14-6-2-3-9-10-7-8(15(16)17)4-5-11(10)13-12(9)14/h2-7H,1H3. The minimum Gasteiger partial charge on any atom is -0.336 e. The fourth-order valence-corrected chi connectivity index (χ4v) is 2.02. The Morgan fingerprint density at radius 1 is 1.35 bits per heavy atom. The predicted octanol–water partition coefficient (Wildman–Crippen LogP) is 2.59. The van der Waals surface area contributed by atoms with Crippen molar-refractivity contribution in [3.8, 4) is 11.4 Å². The lowest BCUT2D eigenvalue weighted by Gasteiger charge is -2.03. The molecule has 0 aromatic heterocycles. The van der Waals surface area contributed by atoms with E-state index in [-0.39, 0.29) is 10.6 Å². The molecular weight excluding hydrogens is 218 g/mol. The molecule has 84 valence electrons. The van der Waals surface area contributed by atoms with Gasteiger partial charge >= 0.3 is 0 Å².